The summed E-state index contributed by atoms with van der Waals surface area (Å²) in [6.07, 6.45) is 0.252. The largest absolute Gasteiger partial charge is 0.345 e. The Hall–Kier alpha value is -3.06. The molecule has 2 amide bonds. The zero-order chi connectivity index (χ0) is 19.2. The van der Waals surface area contributed by atoms with Gasteiger partial charge in [-0.15, -0.1) is 0 Å². The highest BCUT2D eigenvalue weighted by atomic mass is 16.2. The van der Waals surface area contributed by atoms with Crippen molar-refractivity contribution in [3.63, 3.8) is 0 Å². The van der Waals surface area contributed by atoms with E-state index in [1.165, 1.54) is 0 Å². The molecule has 2 aromatic rings. The van der Waals surface area contributed by atoms with Crippen molar-refractivity contribution in [1.29, 1.82) is 0 Å². The molecule has 3 rings (SSSR count). The molecule has 27 heavy (non-hydrogen) atoms. The second-order valence-electron chi connectivity index (χ2n) is 7.15. The number of hydrogen-bond donors (Lipinski definition) is 1. The van der Waals surface area contributed by atoms with Crippen LogP contribution in [-0.4, -0.2) is 29.8 Å². The van der Waals surface area contributed by atoms with Gasteiger partial charge >= 0.3 is 0 Å². The van der Waals surface area contributed by atoms with Crippen LogP contribution in [-0.2, 0) is 4.79 Å². The number of hydrogen-bond acceptors (Lipinski definition) is 2. The molecular weight excluding hydrogens is 336 g/mol. The Labute approximate surface area is 160 Å². The van der Waals surface area contributed by atoms with Gasteiger partial charge in [0.25, 0.3) is 5.91 Å². The van der Waals surface area contributed by atoms with Crippen LogP contribution in [0.1, 0.15) is 47.8 Å². The Kier molecular flexibility index (Phi) is 5.93. The first-order valence-electron chi connectivity index (χ1n) is 9.26. The minimum absolute atomic E-state index is 0.00747. The van der Waals surface area contributed by atoms with Crippen LogP contribution in [0.15, 0.2) is 54.6 Å². The van der Waals surface area contributed by atoms with E-state index in [2.05, 4.69) is 31.0 Å². The molecule has 1 atom stereocenters. The van der Waals surface area contributed by atoms with Crippen LogP contribution in [0.5, 0.6) is 0 Å². The summed E-state index contributed by atoms with van der Waals surface area (Å²) in [5.41, 5.74) is 2.50. The van der Waals surface area contributed by atoms with Gasteiger partial charge in [-0.1, -0.05) is 62.1 Å². The second-order valence-corrected chi connectivity index (χ2v) is 7.15. The first-order chi connectivity index (χ1) is 13.0. The smallest absolute Gasteiger partial charge is 0.252 e. The van der Waals surface area contributed by atoms with Gasteiger partial charge in [-0.25, -0.2) is 0 Å². The average Bonchev–Trinajstić information content (AvgIpc) is 2.97. The van der Waals surface area contributed by atoms with Crippen molar-refractivity contribution >= 4 is 11.8 Å². The third-order valence-corrected chi connectivity index (χ3v) is 4.48. The van der Waals surface area contributed by atoms with Crippen molar-refractivity contribution in [2.45, 2.75) is 26.3 Å². The molecule has 4 heteroatoms. The van der Waals surface area contributed by atoms with E-state index in [-0.39, 0.29) is 24.3 Å². The molecular formula is C23H24N2O2. The normalized spacial score (nSPS) is 14.9. The predicted octanol–water partition coefficient (Wildman–Crippen LogP) is 3.40. The first-order valence-corrected chi connectivity index (χ1v) is 9.26. The number of amides is 2. The van der Waals surface area contributed by atoms with Gasteiger partial charge in [-0.3, -0.25) is 9.59 Å². The molecule has 2 aromatic carbocycles. The molecule has 0 saturated heterocycles. The van der Waals surface area contributed by atoms with Crippen LogP contribution >= 0.6 is 0 Å². The number of nitrogens with zero attached hydrogens (tertiary/aromatic N) is 1. The van der Waals surface area contributed by atoms with E-state index in [0.29, 0.717) is 24.6 Å². The van der Waals surface area contributed by atoms with Crippen LogP contribution < -0.4 is 5.32 Å². The molecule has 0 bridgehead atoms. The summed E-state index contributed by atoms with van der Waals surface area (Å²) in [6.45, 7) is 5.19. The highest BCUT2D eigenvalue weighted by molar-refractivity contribution is 5.99. The predicted molar refractivity (Wildman–Crippen MR) is 106 cm³/mol. The highest BCUT2D eigenvalue weighted by Crippen LogP contribution is 2.28. The fraction of sp³-hybridized carbons (Fsp3) is 0.304. The SMILES string of the molecule is CC(C)CN(CC#Cc1ccccc1)C(=O)C[C@H]1NC(=O)c2ccccc21. The van der Waals surface area contributed by atoms with Crippen LogP contribution in [0.4, 0.5) is 0 Å². The number of nitrogens with one attached hydrogen (secondary N) is 1. The van der Waals surface area contributed by atoms with Crippen molar-refractivity contribution in [3.8, 4) is 11.8 Å². The molecule has 0 spiro atoms. The van der Waals surface area contributed by atoms with E-state index in [1.807, 2.05) is 48.5 Å². The number of carbonyl (C=O) groups excluding carboxylic acids is 2. The maximum absolute atomic E-state index is 12.9. The molecule has 1 aliphatic rings. The van der Waals surface area contributed by atoms with Gasteiger partial charge in [0, 0.05) is 17.7 Å². The quantitative estimate of drug-likeness (QED) is 0.831. The molecule has 1 N–H and O–H groups in total. The van der Waals surface area contributed by atoms with Crippen LogP contribution in [0, 0.1) is 17.8 Å². The maximum atomic E-state index is 12.9. The van der Waals surface area contributed by atoms with Crippen molar-refractivity contribution in [1.82, 2.24) is 10.2 Å². The molecule has 0 aliphatic carbocycles. The Bertz CT molecular complexity index is 878. The second kappa shape index (κ2) is 8.55. The number of benzene rings is 2. The zero-order valence-corrected chi connectivity index (χ0v) is 15.7. The van der Waals surface area contributed by atoms with Gasteiger partial charge in [-0.2, -0.15) is 0 Å². The van der Waals surface area contributed by atoms with Gasteiger partial charge in [0.15, 0.2) is 0 Å². The third-order valence-electron chi connectivity index (χ3n) is 4.48. The van der Waals surface area contributed by atoms with Gasteiger partial charge in [0.1, 0.15) is 0 Å². The monoisotopic (exact) mass is 360 g/mol. The molecule has 4 nitrogen and oxygen atoms in total. The Balaban J connectivity index is 1.69. The Morgan fingerprint density at radius 3 is 2.56 bits per heavy atom. The molecule has 138 valence electrons. The van der Waals surface area contributed by atoms with E-state index in [1.54, 1.807) is 11.0 Å². The van der Waals surface area contributed by atoms with E-state index >= 15 is 0 Å². The molecule has 0 fully saturated rings. The lowest BCUT2D eigenvalue weighted by molar-refractivity contribution is -0.131. The lowest BCUT2D eigenvalue weighted by Gasteiger charge is -2.24. The van der Waals surface area contributed by atoms with Crippen LogP contribution in [0.2, 0.25) is 0 Å². The maximum Gasteiger partial charge on any atom is 0.252 e. The van der Waals surface area contributed by atoms with E-state index in [0.717, 1.165) is 11.1 Å². The van der Waals surface area contributed by atoms with E-state index in [9.17, 15) is 9.59 Å². The lowest BCUT2D eigenvalue weighted by Crippen LogP contribution is -2.36. The third kappa shape index (κ3) is 4.77. The van der Waals surface area contributed by atoms with Gasteiger partial charge in [-0.05, 0) is 29.7 Å². The minimum atomic E-state index is -0.266. The van der Waals surface area contributed by atoms with Gasteiger partial charge in [0.2, 0.25) is 5.91 Å². The average molecular weight is 360 g/mol. The first kappa shape index (κ1) is 18.7. The summed E-state index contributed by atoms with van der Waals surface area (Å²) < 4.78 is 0. The number of carbonyl (C=O) groups is 2. The summed E-state index contributed by atoms with van der Waals surface area (Å²) in [7, 11) is 0. The number of fused-ring (bicyclic) bond motifs is 1. The molecule has 0 radical (unpaired) electrons. The molecule has 0 aromatic heterocycles. The Morgan fingerprint density at radius 2 is 1.81 bits per heavy atom. The molecule has 1 aliphatic heterocycles. The van der Waals surface area contributed by atoms with Gasteiger partial charge < -0.3 is 10.2 Å². The summed E-state index contributed by atoms with van der Waals surface area (Å²) in [6, 6.07) is 16.9. The van der Waals surface area contributed by atoms with Gasteiger partial charge in [0.05, 0.1) is 19.0 Å². The van der Waals surface area contributed by atoms with Crippen LogP contribution in [0.25, 0.3) is 0 Å². The van der Waals surface area contributed by atoms with E-state index < -0.39 is 0 Å². The molecule has 1 heterocycles. The minimum Gasteiger partial charge on any atom is -0.345 e. The van der Waals surface area contributed by atoms with Crippen molar-refractivity contribution in [2.75, 3.05) is 13.1 Å². The number of rotatable bonds is 5. The fourth-order valence-corrected chi connectivity index (χ4v) is 3.24. The lowest BCUT2D eigenvalue weighted by atomic mass is 10.0. The van der Waals surface area contributed by atoms with Crippen molar-refractivity contribution < 1.29 is 9.59 Å². The van der Waals surface area contributed by atoms with E-state index in [4.69, 9.17) is 0 Å². The summed E-state index contributed by atoms with van der Waals surface area (Å²) >= 11 is 0. The Morgan fingerprint density at radius 1 is 1.11 bits per heavy atom. The molecule has 0 unspecified atom stereocenters. The summed E-state index contributed by atoms with van der Waals surface area (Å²) in [4.78, 5) is 26.8. The summed E-state index contributed by atoms with van der Waals surface area (Å²) in [5.74, 6) is 6.46. The zero-order valence-electron chi connectivity index (χ0n) is 15.7. The summed E-state index contributed by atoms with van der Waals surface area (Å²) in [5, 5.41) is 2.92. The highest BCUT2D eigenvalue weighted by Gasteiger charge is 2.30. The molecule has 0 saturated carbocycles. The van der Waals surface area contributed by atoms with Crippen molar-refractivity contribution in [2.24, 2.45) is 5.92 Å². The topological polar surface area (TPSA) is 49.4 Å². The fourth-order valence-electron chi connectivity index (χ4n) is 3.24. The standard InChI is InChI=1S/C23H24N2O2/c1-17(2)16-25(14-8-11-18-9-4-3-5-10-18)22(26)15-21-19-12-6-7-13-20(19)23(27)24-21/h3-7,9-10,12-13,17,21H,14-16H2,1-2H3,(H,24,27)/t21-/m1/s1. The van der Waals surface area contributed by atoms with Crippen molar-refractivity contribution in [3.05, 3.63) is 71.3 Å². The van der Waals surface area contributed by atoms with Crippen LogP contribution in [0.3, 0.4) is 0 Å².